The van der Waals surface area contributed by atoms with Crippen molar-refractivity contribution in [1.29, 1.82) is 0 Å². The number of rotatable bonds is 5. The summed E-state index contributed by atoms with van der Waals surface area (Å²) in [5, 5.41) is 5.73. The number of carbonyl (C=O) groups is 2. The highest BCUT2D eigenvalue weighted by molar-refractivity contribution is 8.00. The zero-order valence-corrected chi connectivity index (χ0v) is 15.7. The molecule has 0 saturated carbocycles. The third kappa shape index (κ3) is 4.54. The van der Waals surface area contributed by atoms with Gasteiger partial charge in [0.2, 0.25) is 0 Å². The summed E-state index contributed by atoms with van der Waals surface area (Å²) in [6.45, 7) is 3.35. The maximum absolute atomic E-state index is 12.5. The van der Waals surface area contributed by atoms with Crippen LogP contribution in [0.4, 0.5) is 5.69 Å². The number of hydrogen-bond acceptors (Lipinski definition) is 5. The number of likely N-dealkylation sites (tertiary alicyclic amines) is 1. The SMILES string of the molecule is CN(C)CCNC(=O)c1ccc2c(c1)NC(=O)C(N1CCCCC1)S2. The summed E-state index contributed by atoms with van der Waals surface area (Å²) < 4.78 is 0. The van der Waals surface area contributed by atoms with Crippen LogP contribution in [0.2, 0.25) is 0 Å². The van der Waals surface area contributed by atoms with E-state index in [9.17, 15) is 9.59 Å². The standard InChI is InChI=1S/C18H26N4O2S/c1-21(2)11-8-19-16(23)13-6-7-15-14(12-13)20-17(24)18(25-15)22-9-4-3-5-10-22/h6-7,12,18H,3-5,8-11H2,1-2H3,(H,19,23)(H,20,24). The quantitative estimate of drug-likeness (QED) is 0.837. The second-order valence-corrected chi connectivity index (χ2v) is 7.95. The molecule has 1 fully saturated rings. The van der Waals surface area contributed by atoms with Gasteiger partial charge in [-0.25, -0.2) is 0 Å². The fourth-order valence-electron chi connectivity index (χ4n) is 3.13. The molecule has 0 aromatic heterocycles. The minimum atomic E-state index is -0.160. The van der Waals surface area contributed by atoms with E-state index in [-0.39, 0.29) is 17.2 Å². The van der Waals surface area contributed by atoms with E-state index in [1.165, 1.54) is 6.42 Å². The summed E-state index contributed by atoms with van der Waals surface area (Å²) in [7, 11) is 3.94. The van der Waals surface area contributed by atoms with Crippen LogP contribution in [0, 0.1) is 0 Å². The van der Waals surface area contributed by atoms with Crippen molar-refractivity contribution in [1.82, 2.24) is 15.1 Å². The van der Waals surface area contributed by atoms with E-state index in [1.807, 2.05) is 31.1 Å². The molecule has 7 heteroatoms. The van der Waals surface area contributed by atoms with E-state index < -0.39 is 0 Å². The van der Waals surface area contributed by atoms with Crippen LogP contribution in [-0.2, 0) is 4.79 Å². The van der Waals surface area contributed by atoms with Gasteiger partial charge in [0.25, 0.3) is 11.8 Å². The number of hydrogen-bond donors (Lipinski definition) is 2. The average molecular weight is 362 g/mol. The van der Waals surface area contributed by atoms with E-state index in [2.05, 4.69) is 15.5 Å². The molecule has 1 unspecified atom stereocenters. The third-order valence-electron chi connectivity index (χ3n) is 4.53. The monoisotopic (exact) mass is 362 g/mol. The average Bonchev–Trinajstić information content (AvgIpc) is 2.61. The Hall–Kier alpha value is -1.57. The van der Waals surface area contributed by atoms with Crippen LogP contribution in [0.1, 0.15) is 29.6 Å². The molecule has 2 amide bonds. The zero-order chi connectivity index (χ0) is 17.8. The predicted octanol–water partition coefficient (Wildman–Crippen LogP) is 1.83. The lowest BCUT2D eigenvalue weighted by molar-refractivity contribution is -0.118. The van der Waals surface area contributed by atoms with Crippen molar-refractivity contribution in [2.24, 2.45) is 0 Å². The largest absolute Gasteiger partial charge is 0.351 e. The van der Waals surface area contributed by atoms with E-state index >= 15 is 0 Å². The van der Waals surface area contributed by atoms with Crippen LogP contribution in [0.3, 0.4) is 0 Å². The first kappa shape index (κ1) is 18.2. The summed E-state index contributed by atoms with van der Waals surface area (Å²) >= 11 is 1.59. The Labute approximate surface area is 153 Å². The molecule has 136 valence electrons. The molecule has 1 aromatic rings. The van der Waals surface area contributed by atoms with Gasteiger partial charge in [-0.1, -0.05) is 18.2 Å². The molecule has 2 aliphatic rings. The number of thioether (sulfide) groups is 1. The smallest absolute Gasteiger partial charge is 0.252 e. The van der Waals surface area contributed by atoms with Crippen LogP contribution in [0.25, 0.3) is 0 Å². The summed E-state index contributed by atoms with van der Waals surface area (Å²) in [5.74, 6) is -0.0911. The van der Waals surface area contributed by atoms with Crippen LogP contribution >= 0.6 is 11.8 Å². The highest BCUT2D eigenvalue weighted by atomic mass is 32.2. The molecule has 3 rings (SSSR count). The number of fused-ring (bicyclic) bond motifs is 1. The molecule has 6 nitrogen and oxygen atoms in total. The topological polar surface area (TPSA) is 64.7 Å². The number of anilines is 1. The molecule has 2 heterocycles. The second-order valence-electron chi connectivity index (χ2n) is 6.83. The number of amides is 2. The Kier molecular flexibility index (Phi) is 5.98. The predicted molar refractivity (Wildman–Crippen MR) is 101 cm³/mol. The molecule has 0 bridgehead atoms. The fraction of sp³-hybridized carbons (Fsp3) is 0.556. The van der Waals surface area contributed by atoms with Gasteiger partial charge >= 0.3 is 0 Å². The fourth-order valence-corrected chi connectivity index (χ4v) is 4.28. The molecule has 2 N–H and O–H groups in total. The second kappa shape index (κ2) is 8.21. The summed E-state index contributed by atoms with van der Waals surface area (Å²) in [5.41, 5.74) is 1.32. The van der Waals surface area contributed by atoms with Crippen LogP contribution < -0.4 is 10.6 Å². The molecule has 25 heavy (non-hydrogen) atoms. The van der Waals surface area contributed by atoms with Gasteiger partial charge in [-0.2, -0.15) is 0 Å². The highest BCUT2D eigenvalue weighted by Gasteiger charge is 2.32. The molecule has 1 aromatic carbocycles. The maximum atomic E-state index is 12.5. The Morgan fingerprint density at radius 2 is 2.08 bits per heavy atom. The normalized spacial score (nSPS) is 20.9. The van der Waals surface area contributed by atoms with Crippen molar-refractivity contribution in [2.75, 3.05) is 45.6 Å². The van der Waals surface area contributed by atoms with Gasteiger partial charge in [-0.05, 0) is 58.2 Å². The van der Waals surface area contributed by atoms with E-state index in [1.54, 1.807) is 17.8 Å². The lowest BCUT2D eigenvalue weighted by Gasteiger charge is -2.35. The number of carbonyl (C=O) groups excluding carboxylic acids is 2. The Morgan fingerprint density at radius 1 is 1.32 bits per heavy atom. The first-order chi connectivity index (χ1) is 12.0. The lowest BCUT2D eigenvalue weighted by Crippen LogP contribution is -2.46. The van der Waals surface area contributed by atoms with Crippen molar-refractivity contribution in [2.45, 2.75) is 29.5 Å². The van der Waals surface area contributed by atoms with Gasteiger partial charge in [0, 0.05) is 23.5 Å². The van der Waals surface area contributed by atoms with E-state index in [4.69, 9.17) is 0 Å². The van der Waals surface area contributed by atoms with Crippen LogP contribution in [-0.4, -0.2) is 67.3 Å². The lowest BCUT2D eigenvalue weighted by atomic mass is 10.1. The molecule has 0 spiro atoms. The molecule has 1 atom stereocenters. The number of nitrogens with one attached hydrogen (secondary N) is 2. The number of piperidine rings is 1. The van der Waals surface area contributed by atoms with Crippen molar-refractivity contribution in [3.63, 3.8) is 0 Å². The van der Waals surface area contributed by atoms with Gasteiger partial charge < -0.3 is 15.5 Å². The molecule has 0 radical (unpaired) electrons. The first-order valence-electron chi connectivity index (χ1n) is 8.83. The van der Waals surface area contributed by atoms with Gasteiger partial charge in [0.15, 0.2) is 0 Å². The summed E-state index contributed by atoms with van der Waals surface area (Å²) in [6.07, 6.45) is 3.56. The van der Waals surface area contributed by atoms with Gasteiger partial charge in [0.1, 0.15) is 5.37 Å². The zero-order valence-electron chi connectivity index (χ0n) is 14.9. The summed E-state index contributed by atoms with van der Waals surface area (Å²) in [4.78, 5) is 30.1. The van der Waals surface area contributed by atoms with Gasteiger partial charge in [-0.3, -0.25) is 14.5 Å². The van der Waals surface area contributed by atoms with Crippen molar-refractivity contribution in [3.05, 3.63) is 23.8 Å². The molecule has 0 aliphatic carbocycles. The molecule has 2 aliphatic heterocycles. The molecular formula is C18H26N4O2S. The third-order valence-corrected chi connectivity index (χ3v) is 5.87. The van der Waals surface area contributed by atoms with Crippen molar-refractivity contribution < 1.29 is 9.59 Å². The van der Waals surface area contributed by atoms with Gasteiger partial charge in [0.05, 0.1) is 5.69 Å². The number of benzene rings is 1. The molecule has 1 saturated heterocycles. The number of likely N-dealkylation sites (N-methyl/N-ethyl adjacent to an activating group) is 1. The maximum Gasteiger partial charge on any atom is 0.252 e. The van der Waals surface area contributed by atoms with Gasteiger partial charge in [-0.15, -0.1) is 0 Å². The molecular weight excluding hydrogens is 336 g/mol. The Balaban J connectivity index is 1.66. The minimum absolute atomic E-state index is 0.0181. The first-order valence-corrected chi connectivity index (χ1v) is 9.71. The Morgan fingerprint density at radius 3 is 2.80 bits per heavy atom. The Bertz CT molecular complexity index is 644. The number of nitrogens with zero attached hydrogens (tertiary/aromatic N) is 2. The van der Waals surface area contributed by atoms with E-state index in [0.29, 0.717) is 12.1 Å². The minimum Gasteiger partial charge on any atom is -0.351 e. The van der Waals surface area contributed by atoms with E-state index in [0.717, 1.165) is 43.1 Å². The summed E-state index contributed by atoms with van der Waals surface area (Å²) in [6, 6.07) is 5.55. The van der Waals surface area contributed by atoms with Crippen molar-refractivity contribution in [3.8, 4) is 0 Å². The van der Waals surface area contributed by atoms with Crippen LogP contribution in [0.15, 0.2) is 23.1 Å². The van der Waals surface area contributed by atoms with Crippen LogP contribution in [0.5, 0.6) is 0 Å². The highest BCUT2D eigenvalue weighted by Crippen LogP contribution is 2.38. The van der Waals surface area contributed by atoms with Crippen molar-refractivity contribution >= 4 is 29.3 Å².